The summed E-state index contributed by atoms with van der Waals surface area (Å²) in [6.07, 6.45) is 1.42. The topological polar surface area (TPSA) is 107 Å². The fourth-order valence-corrected chi connectivity index (χ4v) is 2.79. The molecular formula is C24H26N2O6. The molecule has 168 valence electrons. The van der Waals surface area contributed by atoms with Crippen LogP contribution in [0.25, 0.3) is 6.08 Å². The molecule has 32 heavy (non-hydrogen) atoms. The first-order valence-electron chi connectivity index (χ1n) is 9.85. The number of amides is 1. The van der Waals surface area contributed by atoms with E-state index in [-0.39, 0.29) is 30.2 Å². The van der Waals surface area contributed by atoms with Crippen molar-refractivity contribution in [3.63, 3.8) is 0 Å². The van der Waals surface area contributed by atoms with Crippen LogP contribution in [0.5, 0.6) is 17.2 Å². The van der Waals surface area contributed by atoms with E-state index in [1.165, 1.54) is 26.4 Å². The maximum Gasteiger partial charge on any atom is 0.349 e. The van der Waals surface area contributed by atoms with Crippen molar-refractivity contribution in [3.8, 4) is 23.3 Å². The molecule has 0 heterocycles. The second kappa shape index (κ2) is 12.1. The minimum Gasteiger partial charge on any atom is -0.493 e. The first kappa shape index (κ1) is 24.4. The van der Waals surface area contributed by atoms with Crippen LogP contribution in [-0.4, -0.2) is 45.9 Å². The van der Waals surface area contributed by atoms with Crippen molar-refractivity contribution in [2.24, 2.45) is 0 Å². The molecule has 0 aliphatic carbocycles. The van der Waals surface area contributed by atoms with Gasteiger partial charge in [-0.2, -0.15) is 5.26 Å². The highest BCUT2D eigenvalue weighted by Crippen LogP contribution is 2.29. The van der Waals surface area contributed by atoms with Gasteiger partial charge in [-0.3, -0.25) is 4.79 Å². The van der Waals surface area contributed by atoms with Crippen molar-refractivity contribution in [1.29, 1.82) is 5.26 Å². The molecule has 0 atom stereocenters. The lowest BCUT2D eigenvalue weighted by Crippen LogP contribution is -2.27. The van der Waals surface area contributed by atoms with E-state index in [9.17, 15) is 14.9 Å². The predicted octanol–water partition coefficient (Wildman–Crippen LogP) is 2.97. The van der Waals surface area contributed by atoms with E-state index in [0.29, 0.717) is 17.9 Å². The van der Waals surface area contributed by atoms with Crippen molar-refractivity contribution >= 4 is 18.0 Å². The van der Waals surface area contributed by atoms with Crippen LogP contribution in [0.15, 0.2) is 42.0 Å². The lowest BCUT2D eigenvalue weighted by molar-refractivity contribution is -0.136. The van der Waals surface area contributed by atoms with Gasteiger partial charge in [0.25, 0.3) is 5.91 Å². The van der Waals surface area contributed by atoms with Crippen LogP contribution in [0.2, 0.25) is 0 Å². The number of rotatable bonds is 10. The Kier molecular flexibility index (Phi) is 9.26. The van der Waals surface area contributed by atoms with Gasteiger partial charge in [0.05, 0.1) is 13.7 Å². The van der Waals surface area contributed by atoms with Gasteiger partial charge in [0.1, 0.15) is 17.4 Å². The van der Waals surface area contributed by atoms with Crippen LogP contribution in [0.3, 0.4) is 0 Å². The highest BCUT2D eigenvalue weighted by atomic mass is 16.6. The highest BCUT2D eigenvalue weighted by Gasteiger charge is 2.14. The molecule has 8 nitrogen and oxygen atoms in total. The summed E-state index contributed by atoms with van der Waals surface area (Å²) >= 11 is 0. The number of carbonyl (C=O) groups excluding carboxylic acids is 2. The quantitative estimate of drug-likeness (QED) is 0.200. The summed E-state index contributed by atoms with van der Waals surface area (Å²) in [6.45, 7) is 4.23. The number of aryl methyl sites for hydroxylation is 2. The van der Waals surface area contributed by atoms with Gasteiger partial charge < -0.3 is 24.3 Å². The Morgan fingerprint density at radius 2 is 1.81 bits per heavy atom. The highest BCUT2D eigenvalue weighted by molar-refractivity contribution is 6.01. The molecule has 2 aromatic rings. The molecule has 1 N–H and O–H groups in total. The van der Waals surface area contributed by atoms with Gasteiger partial charge in [-0.15, -0.1) is 0 Å². The average Bonchev–Trinajstić information content (AvgIpc) is 2.77. The van der Waals surface area contributed by atoms with Crippen LogP contribution in [-0.2, 0) is 14.3 Å². The molecule has 0 radical (unpaired) electrons. The van der Waals surface area contributed by atoms with E-state index in [4.69, 9.17) is 18.9 Å². The van der Waals surface area contributed by atoms with E-state index in [2.05, 4.69) is 5.32 Å². The zero-order chi connectivity index (χ0) is 23.5. The molecule has 0 saturated heterocycles. The van der Waals surface area contributed by atoms with E-state index < -0.39 is 11.9 Å². The van der Waals surface area contributed by atoms with Crippen molar-refractivity contribution in [1.82, 2.24) is 5.32 Å². The molecule has 0 aliphatic rings. The van der Waals surface area contributed by atoms with Crippen LogP contribution in [0, 0.1) is 25.2 Å². The Labute approximate surface area is 187 Å². The van der Waals surface area contributed by atoms with Gasteiger partial charge in [0.2, 0.25) is 0 Å². The second-order valence-corrected chi connectivity index (χ2v) is 6.86. The number of benzene rings is 2. The number of nitriles is 1. The van der Waals surface area contributed by atoms with Crippen LogP contribution in [0.1, 0.15) is 16.7 Å². The number of carbonyl (C=O) groups is 2. The molecule has 0 spiro atoms. The molecule has 1 amide bonds. The zero-order valence-corrected chi connectivity index (χ0v) is 18.6. The van der Waals surface area contributed by atoms with Gasteiger partial charge in [-0.1, -0.05) is 23.8 Å². The summed E-state index contributed by atoms with van der Waals surface area (Å²) in [4.78, 5) is 24.3. The average molecular weight is 438 g/mol. The summed E-state index contributed by atoms with van der Waals surface area (Å²) in [6, 6.07) is 12.2. The lowest BCUT2D eigenvalue weighted by Gasteiger charge is -2.12. The molecule has 0 aliphatic heterocycles. The first-order chi connectivity index (χ1) is 15.4. The number of methoxy groups -OCH3 is 2. The maximum absolute atomic E-state index is 12.2. The van der Waals surface area contributed by atoms with Crippen molar-refractivity contribution in [3.05, 3.63) is 58.7 Å². The third-order valence-corrected chi connectivity index (χ3v) is 4.36. The number of esters is 1. The molecule has 0 aromatic heterocycles. The van der Waals surface area contributed by atoms with E-state index in [1.54, 1.807) is 18.2 Å². The SMILES string of the molecule is COCCNC(=O)/C(C#N)=C/c1ccc(OC(=O)COc2ccc(C)cc2C)c(OC)c1. The van der Waals surface area contributed by atoms with Gasteiger partial charge in [0.15, 0.2) is 18.1 Å². The summed E-state index contributed by atoms with van der Waals surface area (Å²) in [5, 5.41) is 11.9. The number of hydrogen-bond acceptors (Lipinski definition) is 7. The van der Waals surface area contributed by atoms with Crippen LogP contribution >= 0.6 is 0 Å². The number of nitrogens with zero attached hydrogens (tertiary/aromatic N) is 1. The van der Waals surface area contributed by atoms with Crippen molar-refractivity contribution < 1.29 is 28.5 Å². The van der Waals surface area contributed by atoms with Crippen molar-refractivity contribution in [2.75, 3.05) is 34.0 Å². The predicted molar refractivity (Wildman–Crippen MR) is 119 cm³/mol. The molecule has 0 unspecified atom stereocenters. The molecule has 2 aromatic carbocycles. The minimum atomic E-state index is -0.596. The summed E-state index contributed by atoms with van der Waals surface area (Å²) in [7, 11) is 2.94. The molecule has 0 bridgehead atoms. The fraction of sp³-hybridized carbons (Fsp3) is 0.292. The van der Waals surface area contributed by atoms with Gasteiger partial charge >= 0.3 is 5.97 Å². The van der Waals surface area contributed by atoms with Gasteiger partial charge in [-0.05, 0) is 49.2 Å². The van der Waals surface area contributed by atoms with E-state index in [0.717, 1.165) is 11.1 Å². The van der Waals surface area contributed by atoms with Crippen molar-refractivity contribution in [2.45, 2.75) is 13.8 Å². The lowest BCUT2D eigenvalue weighted by atomic mass is 10.1. The number of nitrogens with one attached hydrogen (secondary N) is 1. The third kappa shape index (κ3) is 7.15. The number of ether oxygens (including phenoxy) is 4. The molecular weight excluding hydrogens is 412 g/mol. The Balaban J connectivity index is 2.06. The minimum absolute atomic E-state index is 0.0743. The first-order valence-corrected chi connectivity index (χ1v) is 9.85. The molecule has 0 saturated carbocycles. The Hall–Kier alpha value is -3.83. The normalized spacial score (nSPS) is 10.8. The van der Waals surface area contributed by atoms with E-state index >= 15 is 0 Å². The molecule has 2 rings (SSSR count). The Bertz CT molecular complexity index is 1040. The van der Waals surface area contributed by atoms with Crippen LogP contribution < -0.4 is 19.5 Å². The summed E-state index contributed by atoms with van der Waals surface area (Å²) < 4.78 is 21.1. The van der Waals surface area contributed by atoms with Gasteiger partial charge in [-0.25, -0.2) is 4.79 Å². The van der Waals surface area contributed by atoms with Crippen LogP contribution in [0.4, 0.5) is 0 Å². The van der Waals surface area contributed by atoms with E-state index in [1.807, 2.05) is 32.0 Å². The fourth-order valence-electron chi connectivity index (χ4n) is 2.79. The number of hydrogen-bond donors (Lipinski definition) is 1. The Morgan fingerprint density at radius 1 is 1.06 bits per heavy atom. The third-order valence-electron chi connectivity index (χ3n) is 4.36. The maximum atomic E-state index is 12.2. The largest absolute Gasteiger partial charge is 0.493 e. The standard InChI is InChI=1S/C24H26N2O6/c1-16-5-7-20(17(2)11-16)31-15-23(27)32-21-8-6-18(13-22(21)30-4)12-19(14-25)24(28)26-9-10-29-3/h5-8,11-13H,9-10,15H2,1-4H3,(H,26,28)/b19-12+. The summed E-state index contributed by atoms with van der Waals surface area (Å²) in [5.41, 5.74) is 2.48. The summed E-state index contributed by atoms with van der Waals surface area (Å²) in [5.74, 6) is -0.0326. The monoisotopic (exact) mass is 438 g/mol. The zero-order valence-electron chi connectivity index (χ0n) is 18.6. The molecule has 8 heteroatoms. The molecule has 0 fully saturated rings. The smallest absolute Gasteiger partial charge is 0.349 e. The van der Waals surface area contributed by atoms with Gasteiger partial charge in [0, 0.05) is 13.7 Å². The second-order valence-electron chi connectivity index (χ2n) is 6.86. The Morgan fingerprint density at radius 3 is 2.47 bits per heavy atom.